The van der Waals surface area contributed by atoms with Gasteiger partial charge in [-0.1, -0.05) is 212 Å². The standard InChI is InChI=1S/C50H68O6/c1-2-3-4-5-6-7-8-9-10-11-12-13-14-27-36-52-50-49(55-40-45-34-25-18-26-35-45)48(54-39-44-32-23-17-24-33-44)47(53-38-43-30-21-16-22-31-43)46(56-50)41-51-37-42-28-19-15-20-29-42/h15-26,28-35,46-50H,2-14,27,36-41H2,1H3/t46-,47-,48+,49-,50-/m1/s1. The van der Waals surface area contributed by atoms with E-state index in [2.05, 4.69) is 55.5 Å². The van der Waals surface area contributed by atoms with Gasteiger partial charge in [-0.25, -0.2) is 0 Å². The first-order valence-corrected chi connectivity index (χ1v) is 21.7. The van der Waals surface area contributed by atoms with Gasteiger partial charge in [0.25, 0.3) is 0 Å². The summed E-state index contributed by atoms with van der Waals surface area (Å²) in [5.74, 6) is 0. The maximum Gasteiger partial charge on any atom is 0.186 e. The van der Waals surface area contributed by atoms with Crippen LogP contribution in [0.2, 0.25) is 0 Å². The summed E-state index contributed by atoms with van der Waals surface area (Å²) in [6, 6.07) is 41.0. The van der Waals surface area contributed by atoms with Crippen LogP contribution < -0.4 is 0 Å². The second-order valence-corrected chi connectivity index (χ2v) is 15.3. The van der Waals surface area contributed by atoms with Gasteiger partial charge in [-0.2, -0.15) is 0 Å². The molecule has 1 aliphatic rings. The number of rotatable bonds is 29. The maximum atomic E-state index is 6.86. The van der Waals surface area contributed by atoms with E-state index in [0.717, 1.165) is 35.1 Å². The molecule has 0 N–H and O–H groups in total. The van der Waals surface area contributed by atoms with Crippen molar-refractivity contribution in [1.29, 1.82) is 0 Å². The van der Waals surface area contributed by atoms with Crippen molar-refractivity contribution in [3.8, 4) is 0 Å². The van der Waals surface area contributed by atoms with Crippen molar-refractivity contribution >= 4 is 0 Å². The minimum atomic E-state index is -0.650. The van der Waals surface area contributed by atoms with E-state index in [4.69, 9.17) is 28.4 Å². The summed E-state index contributed by atoms with van der Waals surface area (Å²) in [6.07, 6.45) is 15.8. The van der Waals surface area contributed by atoms with E-state index in [-0.39, 0.29) is 0 Å². The molecule has 4 aromatic rings. The Hall–Kier alpha value is -3.36. The summed E-state index contributed by atoms with van der Waals surface area (Å²) in [5.41, 5.74) is 4.35. The van der Waals surface area contributed by atoms with Gasteiger partial charge in [0, 0.05) is 6.61 Å². The third-order valence-corrected chi connectivity index (χ3v) is 10.6. The molecular weight excluding hydrogens is 697 g/mol. The van der Waals surface area contributed by atoms with Gasteiger partial charge in [0.1, 0.15) is 24.4 Å². The van der Waals surface area contributed by atoms with Crippen LogP contribution in [0.25, 0.3) is 0 Å². The van der Waals surface area contributed by atoms with Crippen LogP contribution in [0.5, 0.6) is 0 Å². The Kier molecular flexibility index (Phi) is 21.3. The van der Waals surface area contributed by atoms with Crippen LogP contribution >= 0.6 is 0 Å². The summed E-state index contributed by atoms with van der Waals surface area (Å²) in [6.45, 7) is 4.89. The van der Waals surface area contributed by atoms with Gasteiger partial charge >= 0.3 is 0 Å². The molecule has 0 aromatic heterocycles. The fourth-order valence-electron chi connectivity index (χ4n) is 7.38. The van der Waals surface area contributed by atoms with Gasteiger partial charge in [-0.15, -0.1) is 0 Å². The van der Waals surface area contributed by atoms with E-state index in [9.17, 15) is 0 Å². The SMILES string of the molecule is CCCCCCCCCCCCCCCCO[C@@H]1O[C@H](COCc2ccccc2)[C@@H](OCc2ccccc2)[C@H](OCc2ccccc2)[C@H]1OCc1ccccc1. The first-order valence-electron chi connectivity index (χ1n) is 21.7. The van der Waals surface area contributed by atoms with E-state index in [1.807, 2.05) is 72.8 Å². The second-order valence-electron chi connectivity index (χ2n) is 15.3. The quantitative estimate of drug-likeness (QED) is 0.0513. The smallest absolute Gasteiger partial charge is 0.186 e. The Labute approximate surface area is 338 Å². The Bertz CT molecular complexity index is 1500. The van der Waals surface area contributed by atoms with Crippen LogP contribution in [0.3, 0.4) is 0 Å². The minimum Gasteiger partial charge on any atom is -0.374 e. The molecule has 6 heteroatoms. The molecule has 0 saturated carbocycles. The molecule has 304 valence electrons. The number of unbranched alkanes of at least 4 members (excludes halogenated alkanes) is 13. The van der Waals surface area contributed by atoms with E-state index in [0.29, 0.717) is 39.6 Å². The highest BCUT2D eigenvalue weighted by molar-refractivity contribution is 5.16. The van der Waals surface area contributed by atoms with E-state index < -0.39 is 30.7 Å². The molecule has 0 amide bonds. The first kappa shape index (κ1) is 43.8. The van der Waals surface area contributed by atoms with Gasteiger partial charge in [-0.3, -0.25) is 0 Å². The zero-order chi connectivity index (χ0) is 38.7. The van der Waals surface area contributed by atoms with Crippen molar-refractivity contribution < 1.29 is 28.4 Å². The van der Waals surface area contributed by atoms with Crippen molar-refractivity contribution in [3.63, 3.8) is 0 Å². The molecule has 4 aromatic carbocycles. The van der Waals surface area contributed by atoms with Crippen molar-refractivity contribution in [2.75, 3.05) is 13.2 Å². The number of hydrogen-bond donors (Lipinski definition) is 0. The number of ether oxygens (including phenoxy) is 6. The Morgan fingerprint density at radius 1 is 0.393 bits per heavy atom. The summed E-state index contributed by atoms with van der Waals surface area (Å²) >= 11 is 0. The first-order chi connectivity index (χ1) is 27.8. The normalized spacial score (nSPS) is 19.6. The Balaban J connectivity index is 1.23. The molecule has 5 rings (SSSR count). The molecule has 0 spiro atoms. The molecule has 1 saturated heterocycles. The molecule has 5 atom stereocenters. The average Bonchev–Trinajstić information content (AvgIpc) is 3.25. The monoisotopic (exact) mass is 765 g/mol. The topological polar surface area (TPSA) is 55.4 Å². The lowest BCUT2D eigenvalue weighted by Crippen LogP contribution is -2.61. The van der Waals surface area contributed by atoms with E-state index in [1.54, 1.807) is 0 Å². The van der Waals surface area contributed by atoms with Crippen LogP contribution in [-0.2, 0) is 54.8 Å². The third kappa shape index (κ3) is 16.6. The summed E-state index contributed by atoms with van der Waals surface area (Å²) in [7, 11) is 0. The zero-order valence-electron chi connectivity index (χ0n) is 34.0. The fourth-order valence-corrected chi connectivity index (χ4v) is 7.38. The lowest BCUT2D eigenvalue weighted by Gasteiger charge is -2.46. The lowest BCUT2D eigenvalue weighted by molar-refractivity contribution is -0.328. The molecule has 0 aliphatic carbocycles. The highest BCUT2D eigenvalue weighted by atomic mass is 16.7. The molecule has 56 heavy (non-hydrogen) atoms. The average molecular weight is 765 g/mol. The zero-order valence-corrected chi connectivity index (χ0v) is 34.0. The number of benzene rings is 4. The molecule has 1 heterocycles. The highest BCUT2D eigenvalue weighted by Crippen LogP contribution is 2.32. The second kappa shape index (κ2) is 27.3. The van der Waals surface area contributed by atoms with E-state index >= 15 is 0 Å². The predicted octanol–water partition coefficient (Wildman–Crippen LogP) is 12.2. The van der Waals surface area contributed by atoms with Gasteiger partial charge in [0.15, 0.2) is 6.29 Å². The van der Waals surface area contributed by atoms with Gasteiger partial charge in [0.2, 0.25) is 0 Å². The van der Waals surface area contributed by atoms with Crippen LogP contribution in [0.4, 0.5) is 0 Å². The van der Waals surface area contributed by atoms with Crippen molar-refractivity contribution in [2.45, 2.75) is 154 Å². The van der Waals surface area contributed by atoms with Crippen LogP contribution in [0.15, 0.2) is 121 Å². The third-order valence-electron chi connectivity index (χ3n) is 10.6. The maximum absolute atomic E-state index is 6.86. The van der Waals surface area contributed by atoms with Crippen LogP contribution in [0.1, 0.15) is 119 Å². The van der Waals surface area contributed by atoms with Crippen molar-refractivity contribution in [3.05, 3.63) is 144 Å². The predicted molar refractivity (Wildman–Crippen MR) is 226 cm³/mol. The molecule has 6 nitrogen and oxygen atoms in total. The van der Waals surface area contributed by atoms with Crippen molar-refractivity contribution in [1.82, 2.24) is 0 Å². The highest BCUT2D eigenvalue weighted by Gasteiger charge is 2.49. The summed E-state index contributed by atoms with van der Waals surface area (Å²) in [5, 5.41) is 0. The molecule has 0 radical (unpaired) electrons. The van der Waals surface area contributed by atoms with Gasteiger partial charge in [-0.05, 0) is 28.7 Å². The molecular formula is C50H68O6. The molecule has 1 aliphatic heterocycles. The van der Waals surface area contributed by atoms with E-state index in [1.165, 1.54) is 77.0 Å². The summed E-state index contributed by atoms with van der Waals surface area (Å²) in [4.78, 5) is 0. The van der Waals surface area contributed by atoms with Gasteiger partial charge in [0.05, 0.1) is 33.0 Å². The van der Waals surface area contributed by atoms with Crippen LogP contribution in [-0.4, -0.2) is 43.9 Å². The van der Waals surface area contributed by atoms with Gasteiger partial charge < -0.3 is 28.4 Å². The molecule has 0 bridgehead atoms. The Morgan fingerprint density at radius 2 is 0.768 bits per heavy atom. The molecule has 1 fully saturated rings. The lowest BCUT2D eigenvalue weighted by atomic mass is 9.97. The fraction of sp³-hybridized carbons (Fsp3) is 0.520. The van der Waals surface area contributed by atoms with Crippen molar-refractivity contribution in [2.24, 2.45) is 0 Å². The van der Waals surface area contributed by atoms with Crippen LogP contribution in [0, 0.1) is 0 Å². The Morgan fingerprint density at radius 3 is 1.21 bits per heavy atom. The minimum absolute atomic E-state index is 0.323. The number of hydrogen-bond acceptors (Lipinski definition) is 6. The largest absolute Gasteiger partial charge is 0.374 e. The molecule has 0 unspecified atom stereocenters. The summed E-state index contributed by atoms with van der Waals surface area (Å²) < 4.78 is 40.2.